The van der Waals surface area contributed by atoms with E-state index in [1.807, 2.05) is 0 Å². The van der Waals surface area contributed by atoms with Crippen LogP contribution in [-0.2, 0) is 70.4 Å². The van der Waals surface area contributed by atoms with Crippen LogP contribution in [0.1, 0.15) is 102 Å². The average Bonchev–Trinajstić information content (AvgIpc) is 3.34. The maximum atomic E-state index is 14.1. The Morgan fingerprint density at radius 1 is 0.662 bits per heavy atom. The van der Waals surface area contributed by atoms with Gasteiger partial charge >= 0.3 is 30.0 Å². The number of carbonyl (C=O) groups excluding carboxylic acids is 8. The van der Waals surface area contributed by atoms with Gasteiger partial charge in [0.15, 0.2) is 16.7 Å². The van der Waals surface area contributed by atoms with Crippen molar-refractivity contribution in [2.24, 2.45) is 17.6 Å². The van der Waals surface area contributed by atoms with E-state index >= 15 is 0 Å². The van der Waals surface area contributed by atoms with E-state index in [4.69, 9.17) is 32.6 Å². The number of ketones is 3. The molecule has 0 aliphatic carbocycles. The molecule has 74 heavy (non-hydrogen) atoms. The molecule has 2 aromatic carbocycles. The summed E-state index contributed by atoms with van der Waals surface area (Å²) in [6.07, 6.45) is 2.68. The lowest BCUT2D eigenvalue weighted by Crippen LogP contribution is -2.55. The quantitative estimate of drug-likeness (QED) is 0.0342. The molecule has 0 aliphatic rings. The van der Waals surface area contributed by atoms with Crippen LogP contribution in [0.3, 0.4) is 0 Å². The van der Waals surface area contributed by atoms with Crippen molar-refractivity contribution >= 4 is 94.2 Å². The van der Waals surface area contributed by atoms with Crippen LogP contribution in [0.4, 0.5) is 0 Å². The number of nitrogens with two attached hydrogens (primary N) is 1. The van der Waals surface area contributed by atoms with Gasteiger partial charge < -0.3 is 52.7 Å². The van der Waals surface area contributed by atoms with Crippen LogP contribution in [0.5, 0.6) is 0 Å². The van der Waals surface area contributed by atoms with E-state index in [-0.39, 0.29) is 80.6 Å². The van der Waals surface area contributed by atoms with E-state index in [0.717, 1.165) is 5.56 Å². The molecule has 0 spiro atoms. The molecule has 0 heterocycles. The van der Waals surface area contributed by atoms with Crippen LogP contribution < -0.4 is 32.3 Å². The fraction of sp³-hybridized carbons (Fsp3) is 0.520. The van der Waals surface area contributed by atoms with Gasteiger partial charge in [0.1, 0.15) is 17.4 Å². The molecule has 0 radical (unpaired) electrons. The van der Waals surface area contributed by atoms with Crippen molar-refractivity contribution < 1.29 is 78.0 Å². The molecule has 0 saturated carbocycles. The highest BCUT2D eigenvalue weighted by molar-refractivity contribution is 7.98. The van der Waals surface area contributed by atoms with Crippen LogP contribution in [-0.4, -0.2) is 139 Å². The molecule has 406 valence electrons. The third-order valence-electron chi connectivity index (χ3n) is 11.5. The van der Waals surface area contributed by atoms with Crippen molar-refractivity contribution in [2.45, 2.75) is 127 Å². The Hall–Kier alpha value is -6.88. The van der Waals surface area contributed by atoms with Gasteiger partial charge in [-0.25, -0.2) is 4.79 Å². The summed E-state index contributed by atoms with van der Waals surface area (Å²) in [5.74, 6) is -10.4. The van der Waals surface area contributed by atoms with Crippen LogP contribution in [0, 0.1) is 11.8 Å². The minimum atomic E-state index is -1.58. The van der Waals surface area contributed by atoms with Crippen LogP contribution in [0.2, 0.25) is 0 Å². The fourth-order valence-electron chi connectivity index (χ4n) is 7.27. The summed E-state index contributed by atoms with van der Waals surface area (Å²) in [7, 11) is 0. The van der Waals surface area contributed by atoms with Gasteiger partial charge in [-0.3, -0.25) is 43.2 Å². The third-order valence-corrected chi connectivity index (χ3v) is 12.4. The Bertz CT molecular complexity index is 2230. The summed E-state index contributed by atoms with van der Waals surface area (Å²) in [6.45, 7) is 1.35. The number of aliphatic carboxylic acids is 4. The second kappa shape index (κ2) is 36.1. The molecule has 2 aromatic rings. The van der Waals surface area contributed by atoms with Crippen LogP contribution in [0.25, 0.3) is 0 Å². The minimum Gasteiger partial charge on any atom is -0.481 e. The number of thiocarbonyl (C=S) groups is 1. The molecule has 0 saturated heterocycles. The monoisotopic (exact) mass is 1070 g/mol. The number of Topliss-reactive ketones (excluding diaryl/α,β-unsaturated/α-hetero) is 3. The summed E-state index contributed by atoms with van der Waals surface area (Å²) >= 11 is 6.43. The zero-order valence-corrected chi connectivity index (χ0v) is 43.1. The fourth-order valence-corrected chi connectivity index (χ4v) is 8.26. The molecule has 0 unspecified atom stereocenters. The normalized spacial score (nSPS) is 13.4. The molecular formula is C50H68N6O16S2. The van der Waals surface area contributed by atoms with Gasteiger partial charge in [-0.15, -0.1) is 0 Å². The maximum absolute atomic E-state index is 14.1. The first-order chi connectivity index (χ1) is 35.0. The SMILES string of the molecule is CSC[C@H](CC(=O)[C@H](CC(=O)O)NC(=O)[C@@H](N)CNC(=O)[C@@H](CC(=O)[C@H](Cc1ccccc1)NC(=O)CCCCC(=O)CC[C@](C)(NC(=S)NCCCCCC(=O)O)C(=O)O)Cc1ccccc1)C(=O)O.O=C=O. The highest BCUT2D eigenvalue weighted by atomic mass is 32.2. The second-order valence-electron chi connectivity index (χ2n) is 17.6. The van der Waals surface area contributed by atoms with Gasteiger partial charge in [0.05, 0.1) is 24.4 Å². The van der Waals surface area contributed by atoms with E-state index < -0.39 is 108 Å². The number of carbonyl (C=O) groups is 10. The van der Waals surface area contributed by atoms with Crippen molar-refractivity contribution in [3.63, 3.8) is 0 Å². The standard InChI is InChI=1S/C49H68N6O14S2.CO2/c1-49(47(68)69,55-48(70)51-23-13-5-10-20-42(60)61)22-21-35(56)18-11-12-19-41(59)53-37(25-32-16-8-4-9-17-32)39(57)26-33(24-31-14-6-3-7-15-31)44(64)52-29-36(50)45(65)54-38(28-43(62)63)40(58)27-34(30-71-2)46(66)67;2-1-3/h3-4,6-9,14-17,33-34,36-38H,5,10-13,18-30,50H2,1-2H3,(H,52,64)(H,53,59)(H,54,65)(H,60,61)(H,62,63)(H,66,67)(H,68,69)(H2,51,55,70);/t33-,34+,36+,37+,38+,49+;/m1./s1. The Morgan fingerprint density at radius 2 is 1.22 bits per heavy atom. The number of hydrogen-bond donors (Lipinski definition) is 10. The lowest BCUT2D eigenvalue weighted by atomic mass is 9.89. The molecule has 0 bridgehead atoms. The van der Waals surface area contributed by atoms with E-state index in [9.17, 15) is 63.3 Å². The Labute approximate surface area is 438 Å². The maximum Gasteiger partial charge on any atom is 0.373 e. The lowest BCUT2D eigenvalue weighted by molar-refractivity contribution is -0.192. The van der Waals surface area contributed by atoms with Gasteiger partial charge in [-0.2, -0.15) is 21.4 Å². The summed E-state index contributed by atoms with van der Waals surface area (Å²) in [6, 6.07) is 13.6. The molecule has 22 nitrogen and oxygen atoms in total. The van der Waals surface area contributed by atoms with E-state index in [0.29, 0.717) is 37.8 Å². The number of unbranched alkanes of at least 4 members (excludes halogenated alkanes) is 3. The van der Waals surface area contributed by atoms with Gasteiger partial charge in [-0.05, 0) is 81.5 Å². The Kier molecular flexibility index (Phi) is 31.8. The lowest BCUT2D eigenvalue weighted by Gasteiger charge is -2.27. The molecular weight excluding hydrogens is 1000 g/mol. The Balaban J connectivity index is 0.00000889. The minimum absolute atomic E-state index is 0.0404. The van der Waals surface area contributed by atoms with Gasteiger partial charge in [-0.1, -0.05) is 67.1 Å². The summed E-state index contributed by atoms with van der Waals surface area (Å²) in [4.78, 5) is 142. The summed E-state index contributed by atoms with van der Waals surface area (Å²) in [5.41, 5.74) is 5.97. The molecule has 3 amide bonds. The zero-order valence-electron chi connectivity index (χ0n) is 41.5. The van der Waals surface area contributed by atoms with E-state index in [1.54, 1.807) is 66.9 Å². The number of hydrogen-bond acceptors (Lipinski definition) is 15. The molecule has 0 fully saturated rings. The van der Waals surface area contributed by atoms with E-state index in [2.05, 4.69) is 26.6 Å². The highest BCUT2D eigenvalue weighted by Gasteiger charge is 2.35. The topological polar surface area (TPSA) is 372 Å². The number of nitrogens with one attached hydrogen (secondary N) is 5. The first-order valence-electron chi connectivity index (χ1n) is 23.8. The zero-order chi connectivity index (χ0) is 55.6. The van der Waals surface area contributed by atoms with E-state index in [1.165, 1.54) is 18.7 Å². The number of amides is 3. The summed E-state index contributed by atoms with van der Waals surface area (Å²) < 4.78 is 0. The van der Waals surface area contributed by atoms with Crippen LogP contribution >= 0.6 is 24.0 Å². The third kappa shape index (κ3) is 27.8. The van der Waals surface area contributed by atoms with Crippen LogP contribution in [0.15, 0.2) is 60.7 Å². The average molecular weight is 1070 g/mol. The largest absolute Gasteiger partial charge is 0.481 e. The van der Waals surface area contributed by atoms with Crippen molar-refractivity contribution in [1.82, 2.24) is 26.6 Å². The first-order valence-corrected chi connectivity index (χ1v) is 25.6. The number of benzene rings is 2. The number of thioether (sulfide) groups is 1. The molecule has 11 N–H and O–H groups in total. The van der Waals surface area contributed by atoms with Crippen molar-refractivity contribution in [3.8, 4) is 0 Å². The van der Waals surface area contributed by atoms with Gasteiger partial charge in [0, 0.05) is 63.3 Å². The predicted octanol–water partition coefficient (Wildman–Crippen LogP) is 2.24. The Morgan fingerprint density at radius 3 is 1.77 bits per heavy atom. The molecule has 0 aromatic heterocycles. The number of carboxylic acids is 4. The molecule has 24 heteroatoms. The smallest absolute Gasteiger partial charge is 0.373 e. The van der Waals surface area contributed by atoms with Gasteiger partial charge in [0.25, 0.3) is 0 Å². The molecule has 6 atom stereocenters. The summed E-state index contributed by atoms with van der Waals surface area (Å²) in [5, 5.41) is 51.0. The first kappa shape index (κ1) is 65.1. The predicted molar refractivity (Wildman–Crippen MR) is 273 cm³/mol. The van der Waals surface area contributed by atoms with Crippen molar-refractivity contribution in [1.29, 1.82) is 0 Å². The van der Waals surface area contributed by atoms with Crippen molar-refractivity contribution in [2.75, 3.05) is 25.1 Å². The number of carboxylic acid groups (broad SMARTS) is 4. The van der Waals surface area contributed by atoms with Crippen molar-refractivity contribution in [3.05, 3.63) is 71.8 Å². The number of rotatable bonds is 37. The molecule has 0 aliphatic heterocycles. The molecule has 2 rings (SSSR count). The highest BCUT2D eigenvalue weighted by Crippen LogP contribution is 2.19. The second-order valence-corrected chi connectivity index (χ2v) is 18.9. The van der Waals surface area contributed by atoms with Gasteiger partial charge in [0.2, 0.25) is 17.7 Å².